The molecule has 0 unspecified atom stereocenters. The Morgan fingerprint density at radius 2 is 1.89 bits per heavy atom. The summed E-state index contributed by atoms with van der Waals surface area (Å²) >= 11 is 6.31. The molecule has 0 bridgehead atoms. The lowest BCUT2D eigenvalue weighted by Crippen LogP contribution is -2.53. The lowest BCUT2D eigenvalue weighted by Gasteiger charge is -2.36. The molecule has 0 aliphatic carbocycles. The van der Waals surface area contributed by atoms with Crippen LogP contribution in [0, 0.1) is 0 Å². The highest BCUT2D eigenvalue weighted by Crippen LogP contribution is 2.38. The van der Waals surface area contributed by atoms with Crippen LogP contribution in [-0.2, 0) is 11.2 Å². The molecule has 2 heterocycles. The van der Waals surface area contributed by atoms with Gasteiger partial charge in [0.05, 0.1) is 5.02 Å². The van der Waals surface area contributed by atoms with Crippen LogP contribution in [0.15, 0.2) is 17.1 Å². The highest BCUT2D eigenvalue weighted by atomic mass is 35.5. The Labute approximate surface area is 165 Å². The summed E-state index contributed by atoms with van der Waals surface area (Å²) in [5, 5.41) is 3.93. The number of benzene rings is 1. The first-order valence-electron chi connectivity index (χ1n) is 9.45. The number of rotatable bonds is 4. The van der Waals surface area contributed by atoms with Crippen molar-refractivity contribution in [3.05, 3.63) is 22.7 Å². The van der Waals surface area contributed by atoms with E-state index in [1.54, 1.807) is 6.92 Å². The van der Waals surface area contributed by atoms with Crippen LogP contribution >= 0.6 is 11.6 Å². The SMILES string of the molecule is CCNC(=NCCc1cc(Cl)c2c(c1)OCCO2)N1CCN(C(C)=O)CC1. The predicted molar refractivity (Wildman–Crippen MR) is 106 cm³/mol. The minimum Gasteiger partial charge on any atom is -0.486 e. The first kappa shape index (κ1) is 19.6. The zero-order valence-electron chi connectivity index (χ0n) is 16.0. The fourth-order valence-corrected chi connectivity index (χ4v) is 3.55. The number of aliphatic imine (C=N–C) groups is 1. The molecule has 1 aromatic rings. The molecule has 2 aliphatic rings. The van der Waals surface area contributed by atoms with E-state index in [1.165, 1.54) is 0 Å². The van der Waals surface area contributed by atoms with E-state index >= 15 is 0 Å². The van der Waals surface area contributed by atoms with E-state index in [9.17, 15) is 4.79 Å². The fraction of sp³-hybridized carbons (Fsp3) is 0.579. The van der Waals surface area contributed by atoms with Gasteiger partial charge in [-0.1, -0.05) is 11.6 Å². The molecule has 1 saturated heterocycles. The van der Waals surface area contributed by atoms with Gasteiger partial charge in [-0.25, -0.2) is 0 Å². The van der Waals surface area contributed by atoms with Crippen molar-refractivity contribution in [3.8, 4) is 11.5 Å². The summed E-state index contributed by atoms with van der Waals surface area (Å²) in [7, 11) is 0. The second kappa shape index (κ2) is 9.17. The summed E-state index contributed by atoms with van der Waals surface area (Å²) in [4.78, 5) is 20.3. The normalized spacial score (nSPS) is 17.1. The second-order valence-electron chi connectivity index (χ2n) is 6.58. The van der Waals surface area contributed by atoms with Crippen LogP contribution in [-0.4, -0.2) is 74.1 Å². The van der Waals surface area contributed by atoms with Crippen molar-refractivity contribution in [2.75, 3.05) is 52.5 Å². The van der Waals surface area contributed by atoms with E-state index in [4.69, 9.17) is 26.1 Å². The Balaban J connectivity index is 1.61. The van der Waals surface area contributed by atoms with Crippen molar-refractivity contribution in [1.82, 2.24) is 15.1 Å². The number of carbonyl (C=O) groups excluding carboxylic acids is 1. The summed E-state index contributed by atoms with van der Waals surface area (Å²) in [5.74, 6) is 2.36. The number of guanidine groups is 1. The van der Waals surface area contributed by atoms with Crippen LogP contribution in [0.5, 0.6) is 11.5 Å². The summed E-state index contributed by atoms with van der Waals surface area (Å²) in [6.45, 7) is 9.25. The number of nitrogens with one attached hydrogen (secondary N) is 1. The highest BCUT2D eigenvalue weighted by molar-refractivity contribution is 6.32. The van der Waals surface area contributed by atoms with Crippen molar-refractivity contribution < 1.29 is 14.3 Å². The molecule has 1 N–H and O–H groups in total. The molecular weight excluding hydrogens is 368 g/mol. The minimum atomic E-state index is 0.132. The molecular formula is C19H27ClN4O3. The number of halogens is 1. The Bertz CT molecular complexity index is 702. The molecule has 27 heavy (non-hydrogen) atoms. The third kappa shape index (κ3) is 4.97. The van der Waals surface area contributed by atoms with E-state index in [1.807, 2.05) is 17.0 Å². The number of fused-ring (bicyclic) bond motifs is 1. The Hall–Kier alpha value is -2.15. The Morgan fingerprint density at radius 3 is 2.59 bits per heavy atom. The van der Waals surface area contributed by atoms with Crippen LogP contribution in [0.25, 0.3) is 0 Å². The molecule has 1 amide bonds. The molecule has 3 rings (SSSR count). The van der Waals surface area contributed by atoms with Gasteiger partial charge in [-0.05, 0) is 31.0 Å². The lowest BCUT2D eigenvalue weighted by atomic mass is 10.1. The molecule has 1 aromatic carbocycles. The Kier molecular flexibility index (Phi) is 6.66. The molecule has 8 heteroatoms. The van der Waals surface area contributed by atoms with Gasteiger partial charge in [0.25, 0.3) is 0 Å². The van der Waals surface area contributed by atoms with Crippen molar-refractivity contribution >= 4 is 23.5 Å². The van der Waals surface area contributed by atoms with Crippen LogP contribution in [0.4, 0.5) is 0 Å². The van der Waals surface area contributed by atoms with Crippen LogP contribution in [0.2, 0.25) is 5.02 Å². The molecule has 0 saturated carbocycles. The van der Waals surface area contributed by atoms with Gasteiger partial charge in [0.2, 0.25) is 5.91 Å². The van der Waals surface area contributed by atoms with Gasteiger partial charge in [-0.2, -0.15) is 0 Å². The van der Waals surface area contributed by atoms with Gasteiger partial charge >= 0.3 is 0 Å². The maximum absolute atomic E-state index is 11.5. The summed E-state index contributed by atoms with van der Waals surface area (Å²) in [6.07, 6.45) is 0.763. The van der Waals surface area contributed by atoms with Gasteiger partial charge in [0.15, 0.2) is 17.5 Å². The summed E-state index contributed by atoms with van der Waals surface area (Å²) in [5.41, 5.74) is 1.07. The van der Waals surface area contributed by atoms with Crippen molar-refractivity contribution in [2.24, 2.45) is 4.99 Å². The average molecular weight is 395 g/mol. The maximum Gasteiger partial charge on any atom is 0.219 e. The van der Waals surface area contributed by atoms with Crippen molar-refractivity contribution in [1.29, 1.82) is 0 Å². The number of nitrogens with zero attached hydrogens (tertiary/aromatic N) is 3. The van der Waals surface area contributed by atoms with Crippen LogP contribution in [0.3, 0.4) is 0 Å². The molecule has 0 atom stereocenters. The quantitative estimate of drug-likeness (QED) is 0.623. The second-order valence-corrected chi connectivity index (χ2v) is 6.99. The van der Waals surface area contributed by atoms with E-state index in [2.05, 4.69) is 17.1 Å². The zero-order valence-corrected chi connectivity index (χ0v) is 16.7. The number of amides is 1. The molecule has 0 spiro atoms. The number of carbonyl (C=O) groups is 1. The maximum atomic E-state index is 11.5. The zero-order chi connectivity index (χ0) is 19.2. The van der Waals surface area contributed by atoms with E-state index in [0.29, 0.717) is 36.3 Å². The summed E-state index contributed by atoms with van der Waals surface area (Å²) in [6, 6.07) is 3.90. The first-order valence-corrected chi connectivity index (χ1v) is 9.83. The number of piperazine rings is 1. The van der Waals surface area contributed by atoms with Crippen molar-refractivity contribution in [2.45, 2.75) is 20.3 Å². The minimum absolute atomic E-state index is 0.132. The monoisotopic (exact) mass is 394 g/mol. The molecule has 0 radical (unpaired) electrons. The van der Waals surface area contributed by atoms with Crippen molar-refractivity contribution in [3.63, 3.8) is 0 Å². The lowest BCUT2D eigenvalue weighted by molar-refractivity contribution is -0.130. The number of hydrogen-bond acceptors (Lipinski definition) is 4. The molecule has 2 aliphatic heterocycles. The van der Waals surface area contributed by atoms with E-state index in [0.717, 1.165) is 50.7 Å². The third-order valence-electron chi connectivity index (χ3n) is 4.68. The standard InChI is InChI=1S/C19H27ClN4O3/c1-3-21-19(24-8-6-23(7-9-24)14(2)25)22-5-4-15-12-16(20)18-17(13-15)26-10-11-27-18/h12-13H,3-11H2,1-2H3,(H,21,22). The van der Waals surface area contributed by atoms with Gasteiger partial charge in [0, 0.05) is 46.2 Å². The summed E-state index contributed by atoms with van der Waals surface area (Å²) < 4.78 is 11.2. The number of hydrogen-bond donors (Lipinski definition) is 1. The van der Waals surface area contributed by atoms with Crippen LogP contribution in [0.1, 0.15) is 19.4 Å². The van der Waals surface area contributed by atoms with E-state index in [-0.39, 0.29) is 5.91 Å². The number of ether oxygens (including phenoxy) is 2. The topological polar surface area (TPSA) is 66.4 Å². The highest BCUT2D eigenvalue weighted by Gasteiger charge is 2.21. The largest absolute Gasteiger partial charge is 0.486 e. The average Bonchev–Trinajstić information content (AvgIpc) is 2.67. The van der Waals surface area contributed by atoms with Gasteiger partial charge < -0.3 is 24.6 Å². The Morgan fingerprint density at radius 1 is 1.19 bits per heavy atom. The third-order valence-corrected chi connectivity index (χ3v) is 4.96. The molecule has 148 valence electrons. The van der Waals surface area contributed by atoms with Crippen LogP contribution < -0.4 is 14.8 Å². The van der Waals surface area contributed by atoms with Gasteiger partial charge in [-0.3, -0.25) is 9.79 Å². The van der Waals surface area contributed by atoms with Gasteiger partial charge in [-0.15, -0.1) is 0 Å². The van der Waals surface area contributed by atoms with Gasteiger partial charge in [0.1, 0.15) is 13.2 Å². The molecule has 1 fully saturated rings. The first-order chi connectivity index (χ1) is 13.1. The fourth-order valence-electron chi connectivity index (χ4n) is 3.26. The van der Waals surface area contributed by atoms with E-state index < -0.39 is 0 Å². The smallest absolute Gasteiger partial charge is 0.219 e. The predicted octanol–water partition coefficient (Wildman–Crippen LogP) is 1.78. The molecule has 0 aromatic heterocycles. The molecule has 7 nitrogen and oxygen atoms in total.